The van der Waals surface area contributed by atoms with Crippen molar-refractivity contribution in [2.45, 2.75) is 26.2 Å². The Morgan fingerprint density at radius 2 is 2.60 bits per heavy atom. The van der Waals surface area contributed by atoms with Crippen molar-refractivity contribution in [1.29, 1.82) is 0 Å². The first-order chi connectivity index (χ1) is 4.93. The number of nitrogens with zero attached hydrogens (tertiary/aromatic N) is 1. The van der Waals surface area contributed by atoms with Gasteiger partial charge in [-0.05, 0) is 12.5 Å². The van der Waals surface area contributed by atoms with Crippen LogP contribution in [0.5, 0.6) is 0 Å². The number of nitrogens with one attached hydrogen (secondary N) is 1. The number of rotatable bonds is 4. The first kappa shape index (κ1) is 7.32. The fourth-order valence-electron chi connectivity index (χ4n) is 0.842. The summed E-state index contributed by atoms with van der Waals surface area (Å²) in [7, 11) is 0. The summed E-state index contributed by atoms with van der Waals surface area (Å²) in [6.07, 6.45) is 7.62. The monoisotopic (exact) mass is 137 g/mol. The Bertz CT molecular complexity index is 156. The summed E-state index contributed by atoms with van der Waals surface area (Å²) in [6.45, 7) is 2.20. The summed E-state index contributed by atoms with van der Waals surface area (Å²) in [4.78, 5) is 0. The predicted molar refractivity (Wildman–Crippen MR) is 41.5 cm³/mol. The summed E-state index contributed by atoms with van der Waals surface area (Å²) >= 11 is 0. The molecule has 0 saturated carbocycles. The van der Waals surface area contributed by atoms with E-state index in [9.17, 15) is 0 Å². The fourth-order valence-corrected chi connectivity index (χ4v) is 0.842. The minimum Gasteiger partial charge on any atom is -0.282 e. The summed E-state index contributed by atoms with van der Waals surface area (Å²) < 4.78 is 0. The quantitative estimate of drug-likeness (QED) is 0.633. The van der Waals surface area contributed by atoms with Gasteiger partial charge in [-0.15, -0.1) is 0 Å². The van der Waals surface area contributed by atoms with E-state index in [4.69, 9.17) is 0 Å². The van der Waals surface area contributed by atoms with Gasteiger partial charge < -0.3 is 0 Å². The minimum atomic E-state index is 1.13. The van der Waals surface area contributed by atoms with Crippen molar-refractivity contribution in [3.63, 3.8) is 0 Å². The van der Waals surface area contributed by atoms with Crippen LogP contribution in [0.15, 0.2) is 12.3 Å². The molecule has 10 heavy (non-hydrogen) atoms. The molecular weight excluding hydrogens is 124 g/mol. The van der Waals surface area contributed by atoms with Crippen LogP contribution in [0.3, 0.4) is 0 Å². The van der Waals surface area contributed by atoms with E-state index >= 15 is 0 Å². The highest BCUT2D eigenvalue weighted by atomic mass is 15.1. The number of hydrogen-bond acceptors (Lipinski definition) is 1. The molecule has 0 fully saturated rings. The topological polar surface area (TPSA) is 28.7 Å². The van der Waals surface area contributed by atoms with Crippen LogP contribution in [-0.2, 0) is 0 Å². The zero-order chi connectivity index (χ0) is 7.23. The number of H-pyrrole nitrogens is 1. The Hall–Kier alpha value is -0.790. The molecule has 0 saturated heterocycles. The van der Waals surface area contributed by atoms with Crippen molar-refractivity contribution in [1.82, 2.24) is 10.2 Å². The van der Waals surface area contributed by atoms with Gasteiger partial charge in [-0.3, -0.25) is 5.10 Å². The van der Waals surface area contributed by atoms with Gasteiger partial charge in [0.05, 0.1) is 0 Å². The number of unbranched alkanes of at least 4 members (excludes halogenated alkanes) is 2. The highest BCUT2D eigenvalue weighted by Crippen LogP contribution is 2.04. The number of aromatic amines is 1. The van der Waals surface area contributed by atoms with E-state index in [-0.39, 0.29) is 0 Å². The second-order valence-electron chi connectivity index (χ2n) is 2.36. The Balaban J connectivity index is 2.15. The van der Waals surface area contributed by atoms with E-state index in [2.05, 4.69) is 23.5 Å². The third kappa shape index (κ3) is 2.21. The molecule has 2 nitrogen and oxygen atoms in total. The first-order valence-electron chi connectivity index (χ1n) is 3.76. The SMILES string of the molecule is CCCC[CH]c1ccn[nH]1. The van der Waals surface area contributed by atoms with Crippen molar-refractivity contribution < 1.29 is 0 Å². The summed E-state index contributed by atoms with van der Waals surface area (Å²) in [5, 5.41) is 6.74. The largest absolute Gasteiger partial charge is 0.282 e. The van der Waals surface area contributed by atoms with E-state index in [1.54, 1.807) is 6.20 Å². The molecule has 1 aromatic rings. The fraction of sp³-hybridized carbons (Fsp3) is 0.500. The zero-order valence-corrected chi connectivity index (χ0v) is 6.30. The Kier molecular flexibility index (Phi) is 3.00. The van der Waals surface area contributed by atoms with Gasteiger partial charge in [0.1, 0.15) is 0 Å². The molecule has 0 bridgehead atoms. The Morgan fingerprint density at radius 1 is 1.70 bits per heavy atom. The molecule has 1 N–H and O–H groups in total. The van der Waals surface area contributed by atoms with Crippen LogP contribution in [0.2, 0.25) is 0 Å². The van der Waals surface area contributed by atoms with Gasteiger partial charge in [0, 0.05) is 18.3 Å². The summed E-state index contributed by atoms with van der Waals surface area (Å²) in [5.41, 5.74) is 1.13. The van der Waals surface area contributed by atoms with Gasteiger partial charge in [-0.1, -0.05) is 19.8 Å². The van der Waals surface area contributed by atoms with Crippen molar-refractivity contribution in [3.8, 4) is 0 Å². The lowest BCUT2D eigenvalue weighted by atomic mass is 10.2. The van der Waals surface area contributed by atoms with Crippen LogP contribution in [0.1, 0.15) is 31.9 Å². The van der Waals surface area contributed by atoms with Gasteiger partial charge >= 0.3 is 0 Å². The molecule has 0 atom stereocenters. The molecule has 0 unspecified atom stereocenters. The minimum absolute atomic E-state index is 1.13. The highest BCUT2D eigenvalue weighted by Gasteiger charge is 1.91. The molecule has 0 aromatic carbocycles. The first-order valence-corrected chi connectivity index (χ1v) is 3.76. The van der Waals surface area contributed by atoms with Gasteiger partial charge in [-0.25, -0.2) is 0 Å². The third-order valence-electron chi connectivity index (χ3n) is 1.44. The molecule has 1 heterocycles. The van der Waals surface area contributed by atoms with Crippen LogP contribution < -0.4 is 0 Å². The normalized spacial score (nSPS) is 10.1. The molecule has 2 heteroatoms. The van der Waals surface area contributed by atoms with E-state index in [1.807, 2.05) is 6.07 Å². The van der Waals surface area contributed by atoms with Crippen molar-refractivity contribution in [3.05, 3.63) is 24.4 Å². The van der Waals surface area contributed by atoms with E-state index in [1.165, 1.54) is 12.8 Å². The maximum absolute atomic E-state index is 3.84. The standard InChI is InChI=1S/C8H13N2/c1-2-3-4-5-8-6-7-9-10-8/h5-7H,2-4H2,1H3,(H,9,10). The molecule has 55 valence electrons. The summed E-state index contributed by atoms with van der Waals surface area (Å²) in [5.74, 6) is 0. The van der Waals surface area contributed by atoms with Crippen LogP contribution in [0.4, 0.5) is 0 Å². The Labute approximate surface area is 61.7 Å². The lowest BCUT2D eigenvalue weighted by Crippen LogP contribution is -1.81. The van der Waals surface area contributed by atoms with Gasteiger partial charge in [0.25, 0.3) is 0 Å². The van der Waals surface area contributed by atoms with Crippen LogP contribution in [0.25, 0.3) is 0 Å². The van der Waals surface area contributed by atoms with Crippen molar-refractivity contribution in [2.24, 2.45) is 0 Å². The average Bonchev–Trinajstić information content (AvgIpc) is 2.41. The van der Waals surface area contributed by atoms with Crippen molar-refractivity contribution >= 4 is 0 Å². The highest BCUT2D eigenvalue weighted by molar-refractivity contribution is 5.08. The molecule has 0 spiro atoms. The molecular formula is C8H13N2. The lowest BCUT2D eigenvalue weighted by Gasteiger charge is -1.93. The maximum Gasteiger partial charge on any atom is 0.0490 e. The number of aromatic nitrogens is 2. The average molecular weight is 137 g/mol. The Morgan fingerprint density at radius 3 is 3.20 bits per heavy atom. The summed E-state index contributed by atoms with van der Waals surface area (Å²) in [6, 6.07) is 1.98. The van der Waals surface area contributed by atoms with Gasteiger partial charge in [0.15, 0.2) is 0 Å². The van der Waals surface area contributed by atoms with Gasteiger partial charge in [-0.2, -0.15) is 5.10 Å². The predicted octanol–water partition coefficient (Wildman–Crippen LogP) is 2.15. The van der Waals surface area contributed by atoms with E-state index in [0.717, 1.165) is 12.1 Å². The molecule has 0 aliphatic carbocycles. The molecule has 0 aliphatic rings. The second-order valence-corrected chi connectivity index (χ2v) is 2.36. The number of hydrogen-bond donors (Lipinski definition) is 1. The molecule has 0 amide bonds. The van der Waals surface area contributed by atoms with Crippen LogP contribution in [-0.4, -0.2) is 10.2 Å². The van der Waals surface area contributed by atoms with E-state index < -0.39 is 0 Å². The van der Waals surface area contributed by atoms with E-state index in [0.29, 0.717) is 0 Å². The smallest absolute Gasteiger partial charge is 0.0490 e. The molecule has 1 aromatic heterocycles. The molecule has 1 radical (unpaired) electrons. The van der Waals surface area contributed by atoms with Gasteiger partial charge in [0.2, 0.25) is 0 Å². The second kappa shape index (κ2) is 4.09. The van der Waals surface area contributed by atoms with Crippen molar-refractivity contribution in [2.75, 3.05) is 0 Å². The van der Waals surface area contributed by atoms with Crippen LogP contribution in [0, 0.1) is 6.42 Å². The molecule has 0 aliphatic heterocycles. The third-order valence-corrected chi connectivity index (χ3v) is 1.44. The van der Waals surface area contributed by atoms with Crippen LogP contribution >= 0.6 is 0 Å². The molecule has 1 rings (SSSR count). The lowest BCUT2D eigenvalue weighted by molar-refractivity contribution is 0.784. The maximum atomic E-state index is 3.84. The zero-order valence-electron chi connectivity index (χ0n) is 6.30.